The van der Waals surface area contributed by atoms with Crippen molar-refractivity contribution in [3.05, 3.63) is 42.2 Å². The molecule has 1 aromatic heterocycles. The van der Waals surface area contributed by atoms with Crippen LogP contribution in [0.25, 0.3) is 0 Å². The highest BCUT2D eigenvalue weighted by molar-refractivity contribution is 5.62. The Morgan fingerprint density at radius 2 is 1.82 bits per heavy atom. The van der Waals surface area contributed by atoms with Gasteiger partial charge in [-0.3, -0.25) is 0 Å². The van der Waals surface area contributed by atoms with Gasteiger partial charge in [0.25, 0.3) is 0 Å². The number of hydrogen-bond acceptors (Lipinski definition) is 4. The zero-order valence-electron chi connectivity index (χ0n) is 13.3. The Morgan fingerprint density at radius 3 is 2.59 bits per heavy atom. The topological polar surface area (TPSA) is 41.0 Å². The van der Waals surface area contributed by atoms with Crippen LogP contribution in [-0.2, 0) is 6.42 Å². The first-order chi connectivity index (χ1) is 10.9. The fourth-order valence-electron chi connectivity index (χ4n) is 2.98. The van der Waals surface area contributed by atoms with Crippen LogP contribution in [0, 0.1) is 0 Å². The highest BCUT2D eigenvalue weighted by Crippen LogP contribution is 2.23. The molecule has 4 heteroatoms. The van der Waals surface area contributed by atoms with Crippen molar-refractivity contribution in [1.29, 1.82) is 0 Å². The second-order valence-corrected chi connectivity index (χ2v) is 5.80. The van der Waals surface area contributed by atoms with Gasteiger partial charge < -0.3 is 10.2 Å². The number of rotatable bonds is 4. The van der Waals surface area contributed by atoms with Crippen LogP contribution in [0.2, 0.25) is 0 Å². The van der Waals surface area contributed by atoms with E-state index >= 15 is 0 Å². The van der Waals surface area contributed by atoms with E-state index in [1.165, 1.54) is 31.2 Å². The van der Waals surface area contributed by atoms with Crippen molar-refractivity contribution in [3.63, 3.8) is 0 Å². The van der Waals surface area contributed by atoms with Crippen molar-refractivity contribution in [2.24, 2.45) is 0 Å². The van der Waals surface area contributed by atoms with E-state index in [4.69, 9.17) is 0 Å². The average molecular weight is 296 g/mol. The monoisotopic (exact) mass is 296 g/mol. The van der Waals surface area contributed by atoms with Gasteiger partial charge in [0.05, 0.1) is 0 Å². The lowest BCUT2D eigenvalue weighted by Gasteiger charge is -2.21. The molecule has 0 aliphatic carbocycles. The summed E-state index contributed by atoms with van der Waals surface area (Å²) in [4.78, 5) is 11.2. The van der Waals surface area contributed by atoms with Crippen molar-refractivity contribution in [2.45, 2.75) is 39.0 Å². The second-order valence-electron chi connectivity index (χ2n) is 5.80. The van der Waals surface area contributed by atoms with Crippen LogP contribution < -0.4 is 10.2 Å². The molecule has 3 rings (SSSR count). The average Bonchev–Trinajstić information content (AvgIpc) is 2.85. The predicted molar refractivity (Wildman–Crippen MR) is 91.8 cm³/mol. The Kier molecular flexibility index (Phi) is 4.88. The summed E-state index contributed by atoms with van der Waals surface area (Å²) in [5.74, 6) is 1.91. The molecule has 2 aromatic rings. The molecular weight excluding hydrogens is 272 g/mol. The van der Waals surface area contributed by atoms with Crippen LogP contribution in [0.15, 0.2) is 36.7 Å². The summed E-state index contributed by atoms with van der Waals surface area (Å²) < 4.78 is 0. The zero-order chi connectivity index (χ0) is 15.2. The molecular formula is C18H24N4. The van der Waals surface area contributed by atoms with Gasteiger partial charge in [0.2, 0.25) is 0 Å². The minimum Gasteiger partial charge on any atom is -0.356 e. The smallest absolute Gasteiger partial charge is 0.135 e. The molecule has 0 bridgehead atoms. The zero-order valence-corrected chi connectivity index (χ0v) is 13.3. The third-order valence-corrected chi connectivity index (χ3v) is 4.24. The first-order valence-electron chi connectivity index (χ1n) is 8.29. The van der Waals surface area contributed by atoms with E-state index < -0.39 is 0 Å². The second kappa shape index (κ2) is 7.25. The first kappa shape index (κ1) is 14.8. The fourth-order valence-corrected chi connectivity index (χ4v) is 2.98. The summed E-state index contributed by atoms with van der Waals surface area (Å²) >= 11 is 0. The summed E-state index contributed by atoms with van der Waals surface area (Å²) in [6.07, 6.45) is 7.84. The molecule has 1 fully saturated rings. The lowest BCUT2D eigenvalue weighted by Crippen LogP contribution is -2.25. The summed E-state index contributed by atoms with van der Waals surface area (Å²) in [6, 6.07) is 10.5. The van der Waals surface area contributed by atoms with E-state index in [2.05, 4.69) is 57.4 Å². The van der Waals surface area contributed by atoms with Gasteiger partial charge in [-0.2, -0.15) is 0 Å². The Bertz CT molecular complexity index is 604. The van der Waals surface area contributed by atoms with Crippen molar-refractivity contribution in [2.75, 3.05) is 23.3 Å². The van der Waals surface area contributed by atoms with Crippen LogP contribution in [0.3, 0.4) is 0 Å². The molecule has 1 aromatic carbocycles. The van der Waals surface area contributed by atoms with E-state index in [9.17, 15) is 0 Å². The predicted octanol–water partition coefficient (Wildman–Crippen LogP) is 4.16. The Labute approximate surface area is 132 Å². The molecule has 22 heavy (non-hydrogen) atoms. The number of benzene rings is 1. The summed E-state index contributed by atoms with van der Waals surface area (Å²) in [5.41, 5.74) is 2.43. The molecule has 1 saturated heterocycles. The van der Waals surface area contributed by atoms with Gasteiger partial charge >= 0.3 is 0 Å². The number of para-hydroxylation sites is 1. The van der Waals surface area contributed by atoms with Crippen LogP contribution in [0.5, 0.6) is 0 Å². The Morgan fingerprint density at radius 1 is 1.05 bits per heavy atom. The van der Waals surface area contributed by atoms with Gasteiger partial charge in [-0.05, 0) is 30.9 Å². The molecule has 0 saturated carbocycles. The number of nitrogens with zero attached hydrogens (tertiary/aromatic N) is 3. The maximum absolute atomic E-state index is 4.46. The molecule has 0 unspecified atom stereocenters. The lowest BCUT2D eigenvalue weighted by atomic mass is 10.1. The molecule has 1 aliphatic rings. The Hall–Kier alpha value is -2.10. The minimum absolute atomic E-state index is 0.871. The molecule has 2 heterocycles. The number of aryl methyl sites for hydroxylation is 1. The van der Waals surface area contributed by atoms with Gasteiger partial charge in [-0.1, -0.05) is 38.0 Å². The SMILES string of the molecule is CCc1ccccc1Nc1cc(N2CCCCCC2)ncn1. The summed E-state index contributed by atoms with van der Waals surface area (Å²) in [5, 5.41) is 3.44. The highest BCUT2D eigenvalue weighted by Gasteiger charge is 2.12. The molecule has 4 nitrogen and oxygen atoms in total. The van der Waals surface area contributed by atoms with E-state index in [0.29, 0.717) is 0 Å². The number of hydrogen-bond donors (Lipinski definition) is 1. The van der Waals surface area contributed by atoms with Gasteiger partial charge in [0, 0.05) is 24.8 Å². The van der Waals surface area contributed by atoms with E-state index in [0.717, 1.165) is 36.8 Å². The third kappa shape index (κ3) is 3.56. The molecule has 0 spiro atoms. The summed E-state index contributed by atoms with van der Waals surface area (Å²) in [6.45, 7) is 4.37. The van der Waals surface area contributed by atoms with Crippen LogP contribution in [0.4, 0.5) is 17.3 Å². The van der Waals surface area contributed by atoms with Crippen LogP contribution >= 0.6 is 0 Å². The molecule has 1 aliphatic heterocycles. The molecule has 0 atom stereocenters. The van der Waals surface area contributed by atoms with Crippen molar-refractivity contribution in [1.82, 2.24) is 9.97 Å². The van der Waals surface area contributed by atoms with Crippen molar-refractivity contribution in [3.8, 4) is 0 Å². The lowest BCUT2D eigenvalue weighted by molar-refractivity contribution is 0.726. The molecule has 1 N–H and O–H groups in total. The normalized spacial score (nSPS) is 15.4. The quantitative estimate of drug-likeness (QED) is 0.919. The van der Waals surface area contributed by atoms with Crippen LogP contribution in [-0.4, -0.2) is 23.1 Å². The van der Waals surface area contributed by atoms with Gasteiger partial charge in [0.1, 0.15) is 18.0 Å². The number of nitrogens with one attached hydrogen (secondary N) is 1. The fraction of sp³-hybridized carbons (Fsp3) is 0.444. The van der Waals surface area contributed by atoms with Gasteiger partial charge in [0.15, 0.2) is 0 Å². The van der Waals surface area contributed by atoms with E-state index in [-0.39, 0.29) is 0 Å². The molecule has 116 valence electrons. The van der Waals surface area contributed by atoms with E-state index in [1.807, 2.05) is 0 Å². The highest BCUT2D eigenvalue weighted by atomic mass is 15.2. The van der Waals surface area contributed by atoms with Gasteiger partial charge in [-0.15, -0.1) is 0 Å². The minimum atomic E-state index is 0.871. The maximum Gasteiger partial charge on any atom is 0.135 e. The van der Waals surface area contributed by atoms with Crippen molar-refractivity contribution < 1.29 is 0 Å². The molecule has 0 amide bonds. The molecule has 0 radical (unpaired) electrons. The number of anilines is 3. The largest absolute Gasteiger partial charge is 0.356 e. The standard InChI is InChI=1S/C18H24N4/c1-2-15-9-5-6-10-16(15)21-17-13-18(20-14-19-17)22-11-7-3-4-8-12-22/h5-6,9-10,13-14H,2-4,7-8,11-12H2,1H3,(H,19,20,21). The summed E-state index contributed by atoms with van der Waals surface area (Å²) in [7, 11) is 0. The Balaban J connectivity index is 1.78. The first-order valence-corrected chi connectivity index (χ1v) is 8.29. The third-order valence-electron chi connectivity index (χ3n) is 4.24. The number of aromatic nitrogens is 2. The van der Waals surface area contributed by atoms with E-state index in [1.54, 1.807) is 6.33 Å². The maximum atomic E-state index is 4.46. The van der Waals surface area contributed by atoms with Crippen molar-refractivity contribution >= 4 is 17.3 Å². The van der Waals surface area contributed by atoms with Crippen LogP contribution in [0.1, 0.15) is 38.2 Å². The van der Waals surface area contributed by atoms with Gasteiger partial charge in [-0.25, -0.2) is 9.97 Å².